The molecule has 5 aromatic rings. The Morgan fingerprint density at radius 2 is 1.38 bits per heavy atom. The minimum absolute atomic E-state index is 0.966. The molecule has 158 valence electrons. The van der Waals surface area contributed by atoms with Crippen molar-refractivity contribution in [1.29, 1.82) is 0 Å². The zero-order valence-electron chi connectivity index (χ0n) is 18.9. The second-order valence-corrected chi connectivity index (χ2v) is 8.44. The van der Waals surface area contributed by atoms with Crippen molar-refractivity contribution in [3.8, 4) is 5.69 Å². The first-order valence-electron chi connectivity index (χ1n) is 10.9. The lowest BCUT2D eigenvalue weighted by Crippen LogP contribution is -2.34. The largest absolute Gasteiger partial charge is 0.377 e. The van der Waals surface area contributed by atoms with Gasteiger partial charge in [0.2, 0.25) is 16.7 Å². The number of aryl methyl sites for hydroxylation is 2. The Morgan fingerprint density at radius 1 is 0.719 bits per heavy atom. The maximum Gasteiger partial charge on any atom is 0.239 e. The number of nitrogens with zero attached hydrogens (tertiary/aromatic N) is 3. The van der Waals surface area contributed by atoms with Gasteiger partial charge in [-0.15, -0.1) is 4.57 Å². The Morgan fingerprint density at radius 3 is 2.09 bits per heavy atom. The van der Waals surface area contributed by atoms with E-state index in [1.807, 2.05) is 0 Å². The molecule has 0 bridgehead atoms. The molecule has 4 aromatic carbocycles. The van der Waals surface area contributed by atoms with Gasteiger partial charge >= 0.3 is 0 Å². The second kappa shape index (κ2) is 7.97. The maximum absolute atomic E-state index is 4.99. The van der Waals surface area contributed by atoms with Gasteiger partial charge in [0.15, 0.2) is 0 Å². The molecular formula is C28H27N4+. The van der Waals surface area contributed by atoms with Crippen molar-refractivity contribution in [2.45, 2.75) is 13.8 Å². The molecule has 0 unspecified atom stereocenters. The van der Waals surface area contributed by atoms with Crippen LogP contribution in [0.2, 0.25) is 0 Å². The molecule has 4 nitrogen and oxygen atoms in total. The van der Waals surface area contributed by atoms with Gasteiger partial charge in [-0.3, -0.25) is 0 Å². The highest BCUT2D eigenvalue weighted by Gasteiger charge is 2.22. The summed E-state index contributed by atoms with van der Waals surface area (Å²) in [5.41, 5.74) is 11.0. The van der Waals surface area contributed by atoms with E-state index in [0.29, 0.717) is 0 Å². The van der Waals surface area contributed by atoms with Crippen molar-refractivity contribution in [3.63, 3.8) is 0 Å². The van der Waals surface area contributed by atoms with E-state index < -0.39 is 0 Å². The second-order valence-electron chi connectivity index (χ2n) is 8.44. The summed E-state index contributed by atoms with van der Waals surface area (Å²) in [4.78, 5) is 7.12. The fraction of sp³-hybridized carbons (Fsp3) is 0.143. The van der Waals surface area contributed by atoms with Crippen molar-refractivity contribution in [1.82, 2.24) is 4.98 Å². The Hall–Kier alpha value is -3.92. The van der Waals surface area contributed by atoms with Crippen LogP contribution in [0.25, 0.3) is 27.8 Å². The molecule has 32 heavy (non-hydrogen) atoms. The molecule has 0 aliphatic heterocycles. The molecule has 0 fully saturated rings. The first-order chi connectivity index (χ1) is 15.5. The Kier molecular flexibility index (Phi) is 4.98. The van der Waals surface area contributed by atoms with E-state index in [-0.39, 0.29) is 0 Å². The van der Waals surface area contributed by atoms with E-state index in [9.17, 15) is 0 Å². The number of para-hydroxylation sites is 2. The molecule has 0 spiro atoms. The van der Waals surface area contributed by atoms with Gasteiger partial charge in [0.1, 0.15) is 11.0 Å². The standard InChI is InChI=1S/C28H26N4/c1-19-9-5-7-11-23(19)29-21-13-15-24-27(17-21)32(26-12-8-6-10-20(26)2)28-18-22(31(3)4)14-16-25(28)30-24/h5-18H,1-4H3/p+1. The summed E-state index contributed by atoms with van der Waals surface area (Å²) in [6, 6.07) is 29.7. The number of nitrogens with one attached hydrogen (secondary N) is 1. The van der Waals surface area contributed by atoms with Gasteiger partial charge < -0.3 is 10.2 Å². The SMILES string of the molecule is Cc1ccccc1Nc1ccc2nc3ccc(N(C)C)cc3[n+](-c3ccccc3C)c2c1. The van der Waals surface area contributed by atoms with E-state index in [1.165, 1.54) is 11.1 Å². The van der Waals surface area contributed by atoms with E-state index in [1.54, 1.807) is 0 Å². The molecule has 0 aliphatic carbocycles. The van der Waals surface area contributed by atoms with Crippen molar-refractivity contribution in [2.75, 3.05) is 24.3 Å². The highest BCUT2D eigenvalue weighted by molar-refractivity contribution is 5.86. The predicted molar refractivity (Wildman–Crippen MR) is 134 cm³/mol. The summed E-state index contributed by atoms with van der Waals surface area (Å²) in [6.07, 6.45) is 0. The average Bonchev–Trinajstić information content (AvgIpc) is 2.79. The number of benzene rings is 4. The van der Waals surface area contributed by atoms with Crippen molar-refractivity contribution in [3.05, 3.63) is 96.1 Å². The van der Waals surface area contributed by atoms with Crippen LogP contribution in [0, 0.1) is 13.8 Å². The van der Waals surface area contributed by atoms with Gasteiger partial charge in [-0.2, -0.15) is 0 Å². The number of hydrogen-bond acceptors (Lipinski definition) is 3. The Balaban J connectivity index is 1.80. The van der Waals surface area contributed by atoms with Crippen LogP contribution in [-0.4, -0.2) is 19.1 Å². The van der Waals surface area contributed by atoms with Crippen molar-refractivity contribution in [2.24, 2.45) is 0 Å². The molecule has 0 amide bonds. The fourth-order valence-corrected chi connectivity index (χ4v) is 4.14. The molecule has 1 aromatic heterocycles. The smallest absolute Gasteiger partial charge is 0.239 e. The summed E-state index contributed by atoms with van der Waals surface area (Å²) in [5.74, 6) is 0. The number of fused-ring (bicyclic) bond motifs is 2. The van der Waals surface area contributed by atoms with Gasteiger partial charge in [0.05, 0.1) is 0 Å². The lowest BCUT2D eigenvalue weighted by atomic mass is 10.1. The van der Waals surface area contributed by atoms with Gasteiger partial charge in [-0.05, 0) is 49.7 Å². The molecule has 5 rings (SSSR count). The average molecular weight is 420 g/mol. The van der Waals surface area contributed by atoms with Crippen LogP contribution >= 0.6 is 0 Å². The zero-order chi connectivity index (χ0) is 22.2. The van der Waals surface area contributed by atoms with Gasteiger partial charge in [-0.1, -0.05) is 36.4 Å². The minimum atomic E-state index is 0.966. The third-order valence-electron chi connectivity index (χ3n) is 5.95. The normalized spacial score (nSPS) is 11.1. The highest BCUT2D eigenvalue weighted by atomic mass is 15.1. The van der Waals surface area contributed by atoms with Crippen LogP contribution in [-0.2, 0) is 0 Å². The molecular weight excluding hydrogens is 392 g/mol. The maximum atomic E-state index is 4.99. The summed E-state index contributed by atoms with van der Waals surface area (Å²) >= 11 is 0. The van der Waals surface area contributed by atoms with Crippen LogP contribution in [0.4, 0.5) is 17.1 Å². The van der Waals surface area contributed by atoms with Gasteiger partial charge in [-0.25, -0.2) is 4.98 Å². The zero-order valence-corrected chi connectivity index (χ0v) is 18.9. The van der Waals surface area contributed by atoms with Crippen LogP contribution in [0.1, 0.15) is 11.1 Å². The highest BCUT2D eigenvalue weighted by Crippen LogP contribution is 2.26. The van der Waals surface area contributed by atoms with Crippen LogP contribution in [0.5, 0.6) is 0 Å². The van der Waals surface area contributed by atoms with Gasteiger partial charge in [0.25, 0.3) is 0 Å². The third kappa shape index (κ3) is 3.54. The summed E-state index contributed by atoms with van der Waals surface area (Å²) in [7, 11) is 4.13. The quantitative estimate of drug-likeness (QED) is 0.282. The molecule has 1 heterocycles. The van der Waals surface area contributed by atoms with E-state index in [0.717, 1.165) is 44.8 Å². The number of anilines is 3. The predicted octanol–water partition coefficient (Wildman–Crippen LogP) is 6.09. The first kappa shape index (κ1) is 20.0. The van der Waals surface area contributed by atoms with Crippen LogP contribution in [0.3, 0.4) is 0 Å². The van der Waals surface area contributed by atoms with Gasteiger partial charge in [0, 0.05) is 54.9 Å². The minimum Gasteiger partial charge on any atom is -0.377 e. The van der Waals surface area contributed by atoms with E-state index in [2.05, 4.69) is 128 Å². The molecule has 1 N–H and O–H groups in total. The monoisotopic (exact) mass is 419 g/mol. The Labute approximate surface area is 188 Å². The fourth-order valence-electron chi connectivity index (χ4n) is 4.14. The van der Waals surface area contributed by atoms with Crippen molar-refractivity contribution >= 4 is 39.1 Å². The topological polar surface area (TPSA) is 32.0 Å². The van der Waals surface area contributed by atoms with Crippen molar-refractivity contribution < 1.29 is 4.57 Å². The van der Waals surface area contributed by atoms with E-state index >= 15 is 0 Å². The lowest BCUT2D eigenvalue weighted by Gasteiger charge is -2.14. The lowest BCUT2D eigenvalue weighted by molar-refractivity contribution is -0.538. The number of hydrogen-bond donors (Lipinski definition) is 1. The molecule has 0 saturated heterocycles. The molecule has 0 atom stereocenters. The third-order valence-corrected chi connectivity index (χ3v) is 5.95. The molecule has 4 heteroatoms. The van der Waals surface area contributed by atoms with E-state index in [4.69, 9.17) is 4.98 Å². The summed E-state index contributed by atoms with van der Waals surface area (Å²) in [5, 5.41) is 3.59. The first-order valence-corrected chi connectivity index (χ1v) is 10.9. The Bertz CT molecular complexity index is 1450. The van der Waals surface area contributed by atoms with Crippen LogP contribution < -0.4 is 14.8 Å². The van der Waals surface area contributed by atoms with Crippen LogP contribution in [0.15, 0.2) is 84.9 Å². The number of rotatable bonds is 4. The molecule has 0 radical (unpaired) electrons. The number of aromatic nitrogens is 2. The molecule has 0 saturated carbocycles. The summed E-state index contributed by atoms with van der Waals surface area (Å²) < 4.78 is 2.34. The molecule has 0 aliphatic rings. The summed E-state index contributed by atoms with van der Waals surface area (Å²) in [6.45, 7) is 4.28.